The number of amides is 1. The maximum absolute atomic E-state index is 13.5. The van der Waals surface area contributed by atoms with Crippen LogP contribution < -0.4 is 16.6 Å². The summed E-state index contributed by atoms with van der Waals surface area (Å²) in [7, 11) is 0. The topological polar surface area (TPSA) is 90.0 Å². The van der Waals surface area contributed by atoms with Gasteiger partial charge in [-0.2, -0.15) is 0 Å². The van der Waals surface area contributed by atoms with Gasteiger partial charge in [-0.25, -0.2) is 4.98 Å². The third kappa shape index (κ3) is 4.06. The summed E-state index contributed by atoms with van der Waals surface area (Å²) in [6.07, 6.45) is 1.52. The van der Waals surface area contributed by atoms with Crippen LogP contribution in [-0.4, -0.2) is 15.5 Å². The fourth-order valence-electron chi connectivity index (χ4n) is 3.48. The van der Waals surface area contributed by atoms with Crippen LogP contribution in [0, 0.1) is 0 Å². The average Bonchev–Trinajstić information content (AvgIpc) is 2.75. The Bertz CT molecular complexity index is 1360. The number of para-hydroxylation sites is 1. The molecular formula is C23H18BrClN4O2. The van der Waals surface area contributed by atoms with Crippen molar-refractivity contribution in [3.05, 3.63) is 98.0 Å². The second-order valence-corrected chi connectivity index (χ2v) is 8.35. The molecule has 1 unspecified atom stereocenters. The van der Waals surface area contributed by atoms with Crippen LogP contribution in [0.5, 0.6) is 0 Å². The summed E-state index contributed by atoms with van der Waals surface area (Å²) in [6, 6.07) is 17.5. The van der Waals surface area contributed by atoms with Crippen LogP contribution in [0.2, 0.25) is 5.02 Å². The summed E-state index contributed by atoms with van der Waals surface area (Å²) in [6.45, 7) is 1.81. The number of hydrogen-bond donors (Lipinski definition) is 2. The number of aromatic nitrogens is 2. The van der Waals surface area contributed by atoms with E-state index in [0.717, 1.165) is 0 Å². The highest BCUT2D eigenvalue weighted by Gasteiger charge is 2.21. The van der Waals surface area contributed by atoms with Gasteiger partial charge in [0.25, 0.3) is 11.5 Å². The minimum Gasteiger partial charge on any atom is -0.383 e. The highest BCUT2D eigenvalue weighted by atomic mass is 79.9. The van der Waals surface area contributed by atoms with Gasteiger partial charge in [0, 0.05) is 22.1 Å². The Morgan fingerprint density at radius 3 is 2.65 bits per heavy atom. The Morgan fingerprint density at radius 2 is 1.90 bits per heavy atom. The predicted molar refractivity (Wildman–Crippen MR) is 127 cm³/mol. The molecule has 8 heteroatoms. The molecule has 1 amide bonds. The Balaban J connectivity index is 1.85. The van der Waals surface area contributed by atoms with Gasteiger partial charge in [0.15, 0.2) is 0 Å². The van der Waals surface area contributed by atoms with E-state index >= 15 is 0 Å². The Labute approximate surface area is 191 Å². The summed E-state index contributed by atoms with van der Waals surface area (Å²) in [5.41, 5.74) is 7.16. The molecule has 0 aliphatic carbocycles. The van der Waals surface area contributed by atoms with Crippen molar-refractivity contribution >= 4 is 50.0 Å². The molecule has 0 saturated heterocycles. The predicted octanol–water partition coefficient (Wildman–Crippen LogP) is 4.87. The van der Waals surface area contributed by atoms with E-state index in [-0.39, 0.29) is 16.9 Å². The normalized spacial score (nSPS) is 12.0. The number of nitrogens with one attached hydrogen (secondary N) is 1. The van der Waals surface area contributed by atoms with Gasteiger partial charge in [-0.15, -0.1) is 0 Å². The molecule has 31 heavy (non-hydrogen) atoms. The van der Waals surface area contributed by atoms with Gasteiger partial charge in [-0.3, -0.25) is 14.2 Å². The number of fused-ring (bicyclic) bond motifs is 1. The maximum atomic E-state index is 13.5. The lowest BCUT2D eigenvalue weighted by molar-refractivity contribution is 0.0939. The number of hydrogen-bond acceptors (Lipinski definition) is 4. The molecule has 156 valence electrons. The monoisotopic (exact) mass is 496 g/mol. The largest absolute Gasteiger partial charge is 0.383 e. The quantitative estimate of drug-likeness (QED) is 0.421. The molecule has 4 rings (SSSR count). The first-order chi connectivity index (χ1) is 14.9. The van der Waals surface area contributed by atoms with Crippen molar-refractivity contribution in [3.8, 4) is 5.69 Å². The lowest BCUT2D eigenvalue weighted by Crippen LogP contribution is -2.32. The van der Waals surface area contributed by atoms with E-state index < -0.39 is 11.9 Å². The third-order valence-electron chi connectivity index (χ3n) is 4.96. The maximum Gasteiger partial charge on any atom is 0.264 e. The number of pyridine rings is 2. The summed E-state index contributed by atoms with van der Waals surface area (Å²) < 4.78 is 2.21. The van der Waals surface area contributed by atoms with Crippen molar-refractivity contribution < 1.29 is 4.79 Å². The van der Waals surface area contributed by atoms with Gasteiger partial charge in [0.2, 0.25) is 0 Å². The van der Waals surface area contributed by atoms with Gasteiger partial charge in [0.05, 0.1) is 22.0 Å². The fraction of sp³-hybridized carbons (Fsp3) is 0.0870. The zero-order valence-corrected chi connectivity index (χ0v) is 18.8. The molecular weight excluding hydrogens is 480 g/mol. The van der Waals surface area contributed by atoms with Gasteiger partial charge in [-0.05, 0) is 58.6 Å². The molecule has 0 fully saturated rings. The van der Waals surface area contributed by atoms with Crippen LogP contribution in [0.15, 0.2) is 76.1 Å². The minimum absolute atomic E-state index is 0.124. The van der Waals surface area contributed by atoms with Crippen molar-refractivity contribution in [1.82, 2.24) is 14.9 Å². The molecule has 0 radical (unpaired) electrons. The molecule has 2 aromatic carbocycles. The number of benzene rings is 2. The summed E-state index contributed by atoms with van der Waals surface area (Å²) in [5, 5.41) is 4.43. The van der Waals surface area contributed by atoms with E-state index in [0.29, 0.717) is 31.6 Å². The van der Waals surface area contributed by atoms with Crippen LogP contribution in [0.4, 0.5) is 5.82 Å². The average molecular weight is 498 g/mol. The SMILES string of the molecule is CC(NC(=O)c1cc(Br)cnc1N)c1cc2cccc(Cl)c2c(=O)n1-c1ccccc1. The Hall–Kier alpha value is -3.16. The second-order valence-electron chi connectivity index (χ2n) is 7.03. The van der Waals surface area contributed by atoms with E-state index in [9.17, 15) is 9.59 Å². The van der Waals surface area contributed by atoms with E-state index in [1.165, 1.54) is 6.20 Å². The smallest absolute Gasteiger partial charge is 0.264 e. The van der Waals surface area contributed by atoms with E-state index in [1.54, 1.807) is 22.8 Å². The number of halogens is 2. The van der Waals surface area contributed by atoms with Crippen LogP contribution in [0.25, 0.3) is 16.5 Å². The lowest BCUT2D eigenvalue weighted by atomic mass is 10.1. The highest BCUT2D eigenvalue weighted by Crippen LogP contribution is 2.26. The second kappa shape index (κ2) is 8.53. The number of carbonyl (C=O) groups excluding carboxylic acids is 1. The fourth-order valence-corrected chi connectivity index (χ4v) is 4.08. The molecule has 0 aliphatic rings. The van der Waals surface area contributed by atoms with Crippen molar-refractivity contribution in [2.45, 2.75) is 13.0 Å². The van der Waals surface area contributed by atoms with E-state index in [4.69, 9.17) is 17.3 Å². The summed E-state index contributed by atoms with van der Waals surface area (Å²) >= 11 is 9.65. The number of nitrogens with zero attached hydrogens (tertiary/aromatic N) is 2. The van der Waals surface area contributed by atoms with Crippen molar-refractivity contribution in [3.63, 3.8) is 0 Å². The molecule has 6 nitrogen and oxygen atoms in total. The van der Waals surface area contributed by atoms with E-state index in [2.05, 4.69) is 26.2 Å². The lowest BCUT2D eigenvalue weighted by Gasteiger charge is -2.21. The standard InChI is InChI=1S/C23H18BrClN4O2/c1-13(28-22(30)17-11-15(24)12-27-21(17)26)19-10-14-6-5-9-18(25)20(14)23(31)29(19)16-7-3-2-4-8-16/h2-13H,1H3,(H2,26,27)(H,28,30). The van der Waals surface area contributed by atoms with Crippen LogP contribution in [0.3, 0.4) is 0 Å². The molecule has 2 aromatic heterocycles. The molecule has 0 aliphatic heterocycles. The first-order valence-corrected chi connectivity index (χ1v) is 10.7. The first kappa shape index (κ1) is 21.1. The summed E-state index contributed by atoms with van der Waals surface area (Å²) in [4.78, 5) is 30.4. The van der Waals surface area contributed by atoms with Crippen LogP contribution in [0.1, 0.15) is 29.0 Å². The number of nitrogens with two attached hydrogens (primary N) is 1. The van der Waals surface area contributed by atoms with Crippen LogP contribution >= 0.6 is 27.5 Å². The van der Waals surface area contributed by atoms with E-state index in [1.807, 2.05) is 49.4 Å². The van der Waals surface area contributed by atoms with Crippen molar-refractivity contribution in [2.75, 3.05) is 5.73 Å². The Kier molecular flexibility index (Phi) is 5.80. The molecule has 0 saturated carbocycles. The number of anilines is 1. The van der Waals surface area contributed by atoms with Gasteiger partial charge >= 0.3 is 0 Å². The van der Waals surface area contributed by atoms with Gasteiger partial charge < -0.3 is 11.1 Å². The zero-order valence-electron chi connectivity index (χ0n) is 16.5. The Morgan fingerprint density at radius 1 is 1.16 bits per heavy atom. The number of rotatable bonds is 4. The third-order valence-corrected chi connectivity index (χ3v) is 5.71. The minimum atomic E-state index is -0.512. The molecule has 1 atom stereocenters. The number of carbonyl (C=O) groups is 1. The molecule has 4 aromatic rings. The highest BCUT2D eigenvalue weighted by molar-refractivity contribution is 9.10. The van der Waals surface area contributed by atoms with Crippen molar-refractivity contribution in [2.24, 2.45) is 0 Å². The molecule has 3 N–H and O–H groups in total. The molecule has 0 bridgehead atoms. The molecule has 0 spiro atoms. The van der Waals surface area contributed by atoms with Gasteiger partial charge in [0.1, 0.15) is 5.82 Å². The number of nitrogen functional groups attached to an aromatic ring is 1. The zero-order chi connectivity index (χ0) is 22.1. The van der Waals surface area contributed by atoms with Crippen LogP contribution in [-0.2, 0) is 0 Å². The van der Waals surface area contributed by atoms with Crippen molar-refractivity contribution in [1.29, 1.82) is 0 Å². The molecule has 2 heterocycles. The first-order valence-electron chi connectivity index (χ1n) is 9.48. The summed E-state index contributed by atoms with van der Waals surface area (Å²) in [5.74, 6) is -0.268. The van der Waals surface area contributed by atoms with Gasteiger partial charge in [-0.1, -0.05) is 41.9 Å².